The van der Waals surface area contributed by atoms with E-state index < -0.39 is 0 Å². The summed E-state index contributed by atoms with van der Waals surface area (Å²) in [5, 5.41) is 0. The summed E-state index contributed by atoms with van der Waals surface area (Å²) >= 11 is 0. The molecule has 0 aliphatic rings. The minimum Gasteiger partial charge on any atom is -0.489 e. The maximum Gasteiger partial charge on any atom is 0.123 e. The third-order valence-electron chi connectivity index (χ3n) is 4.56. The van der Waals surface area contributed by atoms with Crippen molar-refractivity contribution < 1.29 is 4.74 Å². The third-order valence-corrected chi connectivity index (χ3v) is 4.56. The highest BCUT2D eigenvalue weighted by Crippen LogP contribution is 2.36. The topological polar surface area (TPSA) is 9.23 Å². The first-order valence-corrected chi connectivity index (χ1v) is 9.10. The molecule has 0 aliphatic carbocycles. The fourth-order valence-corrected chi connectivity index (χ4v) is 3.28. The van der Waals surface area contributed by atoms with Crippen LogP contribution >= 0.6 is 0 Å². The molecule has 1 heteroatoms. The Morgan fingerprint density at radius 1 is 0.840 bits per heavy atom. The average Bonchev–Trinajstić information content (AvgIpc) is 2.66. The van der Waals surface area contributed by atoms with Crippen molar-refractivity contribution in [3.05, 3.63) is 101 Å². The molecule has 3 rings (SSSR count). The highest BCUT2D eigenvalue weighted by molar-refractivity contribution is 5.44. The highest BCUT2D eigenvalue weighted by atomic mass is 16.5. The maximum atomic E-state index is 6.23. The lowest BCUT2D eigenvalue weighted by molar-refractivity contribution is 0.301. The molecule has 0 radical (unpaired) electrons. The van der Waals surface area contributed by atoms with Crippen LogP contribution in [-0.4, -0.2) is 0 Å². The molecule has 0 aliphatic heterocycles. The van der Waals surface area contributed by atoms with Gasteiger partial charge in [0.1, 0.15) is 12.4 Å². The van der Waals surface area contributed by atoms with Gasteiger partial charge in [0.25, 0.3) is 0 Å². The highest BCUT2D eigenvalue weighted by Gasteiger charge is 2.18. The van der Waals surface area contributed by atoms with Crippen LogP contribution in [-0.2, 0) is 6.61 Å². The monoisotopic (exact) mass is 330 g/mol. The van der Waals surface area contributed by atoms with Gasteiger partial charge in [0, 0.05) is 11.5 Å². The molecule has 0 unspecified atom stereocenters. The number of rotatable bonds is 7. The molecule has 0 aromatic heterocycles. The van der Waals surface area contributed by atoms with Gasteiger partial charge in [-0.25, -0.2) is 0 Å². The Morgan fingerprint density at radius 3 is 2.20 bits per heavy atom. The molecule has 0 spiro atoms. The Balaban J connectivity index is 1.91. The maximum absolute atomic E-state index is 6.23. The summed E-state index contributed by atoms with van der Waals surface area (Å²) in [7, 11) is 0. The molecule has 0 heterocycles. The second-order valence-corrected chi connectivity index (χ2v) is 6.57. The SMILES string of the molecule is CCC[C@H](c1ccccc1)c1cc(C)ccc1OCc1ccccc1. The summed E-state index contributed by atoms with van der Waals surface area (Å²) in [6, 6.07) is 27.7. The van der Waals surface area contributed by atoms with E-state index in [2.05, 4.69) is 86.6 Å². The van der Waals surface area contributed by atoms with Crippen LogP contribution < -0.4 is 4.74 Å². The molecule has 25 heavy (non-hydrogen) atoms. The van der Waals surface area contributed by atoms with Gasteiger partial charge in [0.2, 0.25) is 0 Å². The third kappa shape index (κ3) is 4.51. The van der Waals surface area contributed by atoms with E-state index >= 15 is 0 Å². The number of hydrogen-bond donors (Lipinski definition) is 0. The molecule has 3 aromatic rings. The van der Waals surface area contributed by atoms with Crippen molar-refractivity contribution in [1.29, 1.82) is 0 Å². The fraction of sp³-hybridized carbons (Fsp3) is 0.250. The van der Waals surface area contributed by atoms with Gasteiger partial charge in [-0.1, -0.05) is 91.7 Å². The molecular weight excluding hydrogens is 304 g/mol. The Kier molecular flexibility index (Phi) is 5.90. The van der Waals surface area contributed by atoms with Crippen molar-refractivity contribution in [2.45, 2.75) is 39.2 Å². The predicted octanol–water partition coefficient (Wildman–Crippen LogP) is 6.51. The van der Waals surface area contributed by atoms with E-state index in [-0.39, 0.29) is 0 Å². The minimum atomic E-state index is 0.372. The zero-order valence-electron chi connectivity index (χ0n) is 15.1. The number of hydrogen-bond acceptors (Lipinski definition) is 1. The summed E-state index contributed by atoms with van der Waals surface area (Å²) in [6.45, 7) is 5.00. The predicted molar refractivity (Wildman–Crippen MR) is 105 cm³/mol. The summed E-state index contributed by atoms with van der Waals surface area (Å²) in [6.07, 6.45) is 2.26. The molecule has 0 saturated heterocycles. The fourth-order valence-electron chi connectivity index (χ4n) is 3.28. The quantitative estimate of drug-likeness (QED) is 0.480. The Morgan fingerprint density at radius 2 is 1.52 bits per heavy atom. The van der Waals surface area contributed by atoms with E-state index in [0.717, 1.165) is 18.6 Å². The van der Waals surface area contributed by atoms with Crippen LogP contribution in [0.2, 0.25) is 0 Å². The lowest BCUT2D eigenvalue weighted by atomic mass is 9.86. The van der Waals surface area contributed by atoms with E-state index in [1.54, 1.807) is 0 Å². The van der Waals surface area contributed by atoms with Crippen molar-refractivity contribution in [3.63, 3.8) is 0 Å². The summed E-state index contributed by atoms with van der Waals surface area (Å²) in [5.74, 6) is 1.37. The van der Waals surface area contributed by atoms with Crippen LogP contribution in [0.5, 0.6) is 5.75 Å². The van der Waals surface area contributed by atoms with Gasteiger partial charge in [0.15, 0.2) is 0 Å². The van der Waals surface area contributed by atoms with E-state index in [9.17, 15) is 0 Å². The van der Waals surface area contributed by atoms with Gasteiger partial charge in [-0.3, -0.25) is 0 Å². The standard InChI is InChI=1S/C24H26O/c1-3-10-22(21-13-8-5-9-14-21)23-17-19(2)15-16-24(23)25-18-20-11-6-4-7-12-20/h4-9,11-17,22H,3,10,18H2,1-2H3/t22-/m1/s1. The molecule has 3 aromatic carbocycles. The molecular formula is C24H26O. The number of ether oxygens (including phenoxy) is 1. The van der Waals surface area contributed by atoms with Crippen LogP contribution in [0.15, 0.2) is 78.9 Å². The number of benzene rings is 3. The summed E-state index contributed by atoms with van der Waals surface area (Å²) in [5.41, 5.74) is 5.13. The van der Waals surface area contributed by atoms with Crippen LogP contribution in [0, 0.1) is 6.92 Å². The van der Waals surface area contributed by atoms with Crippen LogP contribution in [0.25, 0.3) is 0 Å². The summed E-state index contributed by atoms with van der Waals surface area (Å²) < 4.78 is 6.23. The van der Waals surface area contributed by atoms with E-state index in [1.807, 2.05) is 6.07 Å². The van der Waals surface area contributed by atoms with Crippen molar-refractivity contribution >= 4 is 0 Å². The zero-order valence-corrected chi connectivity index (χ0v) is 15.1. The normalized spacial score (nSPS) is 11.9. The molecule has 0 N–H and O–H groups in total. The van der Waals surface area contributed by atoms with Crippen molar-refractivity contribution in [2.75, 3.05) is 0 Å². The molecule has 1 atom stereocenters. The first kappa shape index (κ1) is 17.3. The average molecular weight is 330 g/mol. The van der Waals surface area contributed by atoms with Gasteiger partial charge in [-0.15, -0.1) is 0 Å². The van der Waals surface area contributed by atoms with Crippen molar-refractivity contribution in [3.8, 4) is 5.75 Å². The minimum absolute atomic E-state index is 0.372. The van der Waals surface area contributed by atoms with E-state index in [4.69, 9.17) is 4.74 Å². The molecule has 0 fully saturated rings. The van der Waals surface area contributed by atoms with Gasteiger partial charge in [0.05, 0.1) is 0 Å². The Labute approximate surface area is 151 Å². The van der Waals surface area contributed by atoms with Crippen molar-refractivity contribution in [1.82, 2.24) is 0 Å². The van der Waals surface area contributed by atoms with Gasteiger partial charge in [-0.2, -0.15) is 0 Å². The first-order valence-electron chi connectivity index (χ1n) is 9.10. The Hall–Kier alpha value is -2.54. The summed E-state index contributed by atoms with van der Waals surface area (Å²) in [4.78, 5) is 0. The van der Waals surface area contributed by atoms with Crippen molar-refractivity contribution in [2.24, 2.45) is 0 Å². The van der Waals surface area contributed by atoms with Crippen LogP contribution in [0.1, 0.15) is 47.9 Å². The second-order valence-electron chi connectivity index (χ2n) is 6.57. The largest absolute Gasteiger partial charge is 0.489 e. The lowest BCUT2D eigenvalue weighted by Crippen LogP contribution is -2.06. The van der Waals surface area contributed by atoms with Crippen LogP contribution in [0.3, 0.4) is 0 Å². The van der Waals surface area contributed by atoms with Gasteiger partial charge >= 0.3 is 0 Å². The second kappa shape index (κ2) is 8.53. The molecule has 1 nitrogen and oxygen atoms in total. The Bertz CT molecular complexity index is 778. The first-order chi connectivity index (χ1) is 12.3. The van der Waals surface area contributed by atoms with Gasteiger partial charge in [-0.05, 0) is 30.5 Å². The lowest BCUT2D eigenvalue weighted by Gasteiger charge is -2.21. The molecule has 128 valence electrons. The molecule has 0 amide bonds. The molecule has 0 bridgehead atoms. The smallest absolute Gasteiger partial charge is 0.123 e. The van der Waals surface area contributed by atoms with Crippen LogP contribution in [0.4, 0.5) is 0 Å². The zero-order chi connectivity index (χ0) is 17.5. The molecule has 0 saturated carbocycles. The van der Waals surface area contributed by atoms with E-state index in [0.29, 0.717) is 12.5 Å². The van der Waals surface area contributed by atoms with Gasteiger partial charge < -0.3 is 4.74 Å². The number of aryl methyl sites for hydroxylation is 1. The van der Waals surface area contributed by atoms with E-state index in [1.165, 1.54) is 22.3 Å².